The number of likely N-dealkylation sites (tertiary alicyclic amines) is 1. The fourth-order valence-electron chi connectivity index (χ4n) is 3.42. The number of para-hydroxylation sites is 1. The highest BCUT2D eigenvalue weighted by molar-refractivity contribution is 5.95. The van der Waals surface area contributed by atoms with E-state index in [2.05, 4.69) is 56.2 Å². The number of nitrogens with zero attached hydrogens (tertiary/aromatic N) is 2. The van der Waals surface area contributed by atoms with Crippen LogP contribution in [0.5, 0.6) is 0 Å². The van der Waals surface area contributed by atoms with Gasteiger partial charge in [0.1, 0.15) is 0 Å². The quantitative estimate of drug-likeness (QED) is 0.847. The molecular formula is C22H29N3O. The lowest BCUT2D eigenvalue weighted by Gasteiger charge is -2.30. The Morgan fingerprint density at radius 1 is 1.15 bits per heavy atom. The Morgan fingerprint density at radius 2 is 1.85 bits per heavy atom. The number of carbonyl (C=O) groups excluding carboxylic acids is 1. The Kier molecular flexibility index (Phi) is 5.30. The van der Waals surface area contributed by atoms with Crippen LogP contribution in [0.25, 0.3) is 0 Å². The monoisotopic (exact) mass is 351 g/mol. The molecule has 0 aliphatic carbocycles. The Bertz CT molecular complexity index is 771. The molecule has 0 atom stereocenters. The molecule has 0 unspecified atom stereocenters. The topological polar surface area (TPSA) is 45.2 Å². The van der Waals surface area contributed by atoms with E-state index in [0.29, 0.717) is 11.5 Å². The fraction of sp³-hybridized carbons (Fsp3) is 0.455. The van der Waals surface area contributed by atoms with Crippen molar-refractivity contribution in [2.75, 3.05) is 18.4 Å². The maximum absolute atomic E-state index is 12.8. The number of hydrogen-bond acceptors (Lipinski definition) is 3. The van der Waals surface area contributed by atoms with Crippen molar-refractivity contribution in [1.82, 2.24) is 9.88 Å². The Balaban J connectivity index is 1.79. The van der Waals surface area contributed by atoms with Gasteiger partial charge in [-0.25, -0.2) is 0 Å². The summed E-state index contributed by atoms with van der Waals surface area (Å²) in [7, 11) is 0. The van der Waals surface area contributed by atoms with Crippen LogP contribution in [0.3, 0.4) is 0 Å². The van der Waals surface area contributed by atoms with Gasteiger partial charge in [0.2, 0.25) is 0 Å². The number of carbonyl (C=O) groups is 1. The van der Waals surface area contributed by atoms with Crippen molar-refractivity contribution in [2.45, 2.75) is 46.0 Å². The van der Waals surface area contributed by atoms with E-state index in [1.807, 2.05) is 17.0 Å². The Morgan fingerprint density at radius 3 is 2.54 bits per heavy atom. The van der Waals surface area contributed by atoms with Gasteiger partial charge in [-0.05, 0) is 41.9 Å². The number of piperidine rings is 1. The Hall–Kier alpha value is -2.36. The summed E-state index contributed by atoms with van der Waals surface area (Å²) in [4.78, 5) is 19.0. The van der Waals surface area contributed by atoms with Crippen molar-refractivity contribution in [3.8, 4) is 0 Å². The molecule has 0 spiro atoms. The number of amides is 1. The van der Waals surface area contributed by atoms with Crippen LogP contribution in [-0.4, -0.2) is 28.9 Å². The first-order chi connectivity index (χ1) is 12.3. The molecule has 1 aliphatic heterocycles. The molecule has 4 nitrogen and oxygen atoms in total. The fourth-order valence-corrected chi connectivity index (χ4v) is 3.42. The van der Waals surface area contributed by atoms with E-state index in [0.717, 1.165) is 37.3 Å². The molecule has 2 heterocycles. The minimum absolute atomic E-state index is 0.0367. The molecule has 1 N–H and O–H groups in total. The number of nitrogens with one attached hydrogen (secondary N) is 1. The van der Waals surface area contributed by atoms with Crippen molar-refractivity contribution in [1.29, 1.82) is 0 Å². The van der Waals surface area contributed by atoms with E-state index in [4.69, 9.17) is 0 Å². The zero-order chi connectivity index (χ0) is 18.7. The van der Waals surface area contributed by atoms with Crippen molar-refractivity contribution in [2.24, 2.45) is 5.92 Å². The lowest BCUT2D eigenvalue weighted by atomic mass is 9.86. The van der Waals surface area contributed by atoms with Crippen LogP contribution < -0.4 is 5.32 Å². The van der Waals surface area contributed by atoms with Gasteiger partial charge in [0.05, 0.1) is 17.4 Å². The first-order valence-corrected chi connectivity index (χ1v) is 9.45. The number of pyridine rings is 1. The minimum atomic E-state index is 0.0367. The molecular weight excluding hydrogens is 322 g/mol. The molecule has 0 radical (unpaired) electrons. The zero-order valence-corrected chi connectivity index (χ0v) is 16.2. The van der Waals surface area contributed by atoms with Crippen LogP contribution in [-0.2, 0) is 5.41 Å². The average molecular weight is 351 g/mol. The van der Waals surface area contributed by atoms with E-state index in [-0.39, 0.29) is 11.3 Å². The van der Waals surface area contributed by atoms with Gasteiger partial charge < -0.3 is 10.2 Å². The SMILES string of the molecule is CC1CCN(C(=O)c2cncc(Nc3ccccc3C(C)(C)C)c2)CC1. The summed E-state index contributed by atoms with van der Waals surface area (Å²) in [6.07, 6.45) is 5.60. The molecule has 1 amide bonds. The largest absolute Gasteiger partial charge is 0.354 e. The van der Waals surface area contributed by atoms with Gasteiger partial charge in [0, 0.05) is 25.0 Å². The average Bonchev–Trinajstić information content (AvgIpc) is 2.61. The molecule has 0 bridgehead atoms. The van der Waals surface area contributed by atoms with Crippen LogP contribution in [0.4, 0.5) is 11.4 Å². The molecule has 4 heteroatoms. The summed E-state index contributed by atoms with van der Waals surface area (Å²) in [6.45, 7) is 10.5. The first-order valence-electron chi connectivity index (χ1n) is 9.45. The number of anilines is 2. The summed E-state index contributed by atoms with van der Waals surface area (Å²) in [5.74, 6) is 0.788. The van der Waals surface area contributed by atoms with Crippen molar-refractivity contribution in [3.05, 3.63) is 53.9 Å². The molecule has 1 aliphatic rings. The third-order valence-corrected chi connectivity index (χ3v) is 5.07. The number of benzene rings is 1. The van der Waals surface area contributed by atoms with Crippen LogP contribution in [0, 0.1) is 5.92 Å². The summed E-state index contributed by atoms with van der Waals surface area (Å²) in [5.41, 5.74) is 3.82. The maximum atomic E-state index is 12.8. The van der Waals surface area contributed by atoms with Crippen molar-refractivity contribution >= 4 is 17.3 Å². The summed E-state index contributed by atoms with van der Waals surface area (Å²) >= 11 is 0. The van der Waals surface area contributed by atoms with Gasteiger partial charge >= 0.3 is 0 Å². The smallest absolute Gasteiger partial charge is 0.255 e. The summed E-state index contributed by atoms with van der Waals surface area (Å²) in [6, 6.07) is 10.2. The lowest BCUT2D eigenvalue weighted by molar-refractivity contribution is 0.0697. The predicted molar refractivity (Wildman–Crippen MR) is 107 cm³/mol. The van der Waals surface area contributed by atoms with E-state index >= 15 is 0 Å². The molecule has 1 aromatic heterocycles. The standard InChI is InChI=1S/C22H29N3O/c1-16-9-11-25(12-10-16)21(26)17-13-18(15-23-14-17)24-20-8-6-5-7-19(20)22(2,3)4/h5-8,13-16,24H,9-12H2,1-4H3. The highest BCUT2D eigenvalue weighted by Gasteiger charge is 2.22. The second-order valence-corrected chi connectivity index (χ2v) is 8.36. The normalized spacial score (nSPS) is 15.8. The van der Waals surface area contributed by atoms with E-state index in [9.17, 15) is 4.79 Å². The van der Waals surface area contributed by atoms with Crippen molar-refractivity contribution < 1.29 is 4.79 Å². The third kappa shape index (κ3) is 4.24. The van der Waals surface area contributed by atoms with Gasteiger partial charge in [-0.3, -0.25) is 9.78 Å². The Labute approximate surface area is 156 Å². The van der Waals surface area contributed by atoms with Gasteiger partial charge in [0.15, 0.2) is 0 Å². The highest BCUT2D eigenvalue weighted by atomic mass is 16.2. The summed E-state index contributed by atoms with van der Waals surface area (Å²) in [5, 5.41) is 3.45. The zero-order valence-electron chi connectivity index (χ0n) is 16.2. The van der Waals surface area contributed by atoms with Crippen molar-refractivity contribution in [3.63, 3.8) is 0 Å². The number of hydrogen-bond donors (Lipinski definition) is 1. The second-order valence-electron chi connectivity index (χ2n) is 8.36. The number of aromatic nitrogens is 1. The van der Waals surface area contributed by atoms with Gasteiger partial charge in [-0.1, -0.05) is 45.9 Å². The predicted octanol–water partition coefficient (Wildman–Crippen LogP) is 4.99. The minimum Gasteiger partial charge on any atom is -0.354 e. The van der Waals surface area contributed by atoms with E-state index in [1.165, 1.54) is 5.56 Å². The van der Waals surface area contributed by atoms with E-state index < -0.39 is 0 Å². The molecule has 1 aromatic carbocycles. The maximum Gasteiger partial charge on any atom is 0.255 e. The van der Waals surface area contributed by atoms with E-state index in [1.54, 1.807) is 12.4 Å². The highest BCUT2D eigenvalue weighted by Crippen LogP contribution is 2.31. The molecule has 0 saturated carbocycles. The van der Waals surface area contributed by atoms with Gasteiger partial charge in [-0.2, -0.15) is 0 Å². The van der Waals surface area contributed by atoms with Crippen LogP contribution in [0.2, 0.25) is 0 Å². The number of rotatable bonds is 3. The molecule has 2 aromatic rings. The van der Waals surface area contributed by atoms with Crippen LogP contribution in [0.15, 0.2) is 42.7 Å². The molecule has 138 valence electrons. The molecule has 1 fully saturated rings. The second kappa shape index (κ2) is 7.48. The third-order valence-electron chi connectivity index (χ3n) is 5.07. The molecule has 26 heavy (non-hydrogen) atoms. The van der Waals surface area contributed by atoms with Crippen LogP contribution >= 0.6 is 0 Å². The van der Waals surface area contributed by atoms with Gasteiger partial charge in [0.25, 0.3) is 5.91 Å². The van der Waals surface area contributed by atoms with Crippen LogP contribution in [0.1, 0.15) is 56.5 Å². The lowest BCUT2D eigenvalue weighted by Crippen LogP contribution is -2.37. The molecule has 3 rings (SSSR count). The molecule has 1 saturated heterocycles. The van der Waals surface area contributed by atoms with Gasteiger partial charge in [-0.15, -0.1) is 0 Å². The summed E-state index contributed by atoms with van der Waals surface area (Å²) < 4.78 is 0. The first kappa shape index (κ1) is 18.4.